The topological polar surface area (TPSA) is 50.1 Å². The molecule has 6 heteroatoms. The highest BCUT2D eigenvalue weighted by atomic mass is 16.5. The van der Waals surface area contributed by atoms with E-state index < -0.39 is 5.54 Å². The summed E-state index contributed by atoms with van der Waals surface area (Å²) in [6, 6.07) is 12.4. The molecule has 30 heavy (non-hydrogen) atoms. The van der Waals surface area contributed by atoms with Crippen LogP contribution in [0, 0.1) is 0 Å². The summed E-state index contributed by atoms with van der Waals surface area (Å²) in [4.78, 5) is 4.75. The van der Waals surface area contributed by atoms with Gasteiger partial charge in [-0.15, -0.1) is 6.58 Å². The number of aliphatic hydroxyl groups excluding tert-OH is 1. The second-order valence-corrected chi connectivity index (χ2v) is 8.07. The molecule has 0 bridgehead atoms. The number of benzene rings is 1. The van der Waals surface area contributed by atoms with Gasteiger partial charge in [0, 0.05) is 51.2 Å². The van der Waals surface area contributed by atoms with E-state index in [1.807, 2.05) is 18.2 Å². The maximum atomic E-state index is 10.1. The molecular weight excluding hydrogens is 378 g/mol. The van der Waals surface area contributed by atoms with E-state index in [-0.39, 0.29) is 6.61 Å². The quantitative estimate of drug-likeness (QED) is 0.574. The second kappa shape index (κ2) is 10.8. The molecular formula is C24H35N3O3. The van der Waals surface area contributed by atoms with E-state index in [9.17, 15) is 5.11 Å². The summed E-state index contributed by atoms with van der Waals surface area (Å²) in [5.74, 6) is 0.868. The van der Waals surface area contributed by atoms with Gasteiger partial charge >= 0.3 is 0 Å². The van der Waals surface area contributed by atoms with Crippen LogP contribution in [0.25, 0.3) is 0 Å². The van der Waals surface area contributed by atoms with Crippen LogP contribution in [0.15, 0.2) is 55.3 Å². The smallest absolute Gasteiger partial charge is 0.119 e. The minimum absolute atomic E-state index is 0.0379. The van der Waals surface area contributed by atoms with Crippen molar-refractivity contribution in [3.63, 3.8) is 0 Å². The zero-order valence-electron chi connectivity index (χ0n) is 18.3. The van der Waals surface area contributed by atoms with Crippen molar-refractivity contribution >= 4 is 0 Å². The van der Waals surface area contributed by atoms with Crippen LogP contribution >= 0.6 is 0 Å². The number of nitrogens with zero attached hydrogens (tertiary/aromatic N) is 3. The first-order chi connectivity index (χ1) is 14.6. The largest absolute Gasteiger partial charge is 0.497 e. The highest BCUT2D eigenvalue weighted by molar-refractivity contribution is 5.29. The lowest BCUT2D eigenvalue weighted by atomic mass is 10.0. The van der Waals surface area contributed by atoms with Crippen molar-refractivity contribution in [2.75, 3.05) is 53.1 Å². The van der Waals surface area contributed by atoms with Crippen LogP contribution in [0.5, 0.6) is 5.75 Å². The summed E-state index contributed by atoms with van der Waals surface area (Å²) in [5, 5.41) is 10.1. The molecule has 6 nitrogen and oxygen atoms in total. The molecule has 0 spiro atoms. The van der Waals surface area contributed by atoms with Crippen molar-refractivity contribution in [1.29, 1.82) is 0 Å². The van der Waals surface area contributed by atoms with Crippen LogP contribution in [0.3, 0.4) is 0 Å². The molecule has 1 N–H and O–H groups in total. The SMILES string of the molecule is C=C[C@@](C)(CO)N(CCN1CCOCC1)Cc1cccn1Cc1cccc(OC)c1. The minimum Gasteiger partial charge on any atom is -0.497 e. The fraction of sp³-hybridized carbons (Fsp3) is 0.500. The molecule has 1 fully saturated rings. The zero-order chi connectivity index (χ0) is 21.4. The highest BCUT2D eigenvalue weighted by Crippen LogP contribution is 2.21. The molecule has 1 aliphatic heterocycles. The van der Waals surface area contributed by atoms with Crippen molar-refractivity contribution in [3.05, 3.63) is 66.5 Å². The summed E-state index contributed by atoms with van der Waals surface area (Å²) >= 11 is 0. The maximum absolute atomic E-state index is 10.1. The van der Waals surface area contributed by atoms with Crippen molar-refractivity contribution in [2.45, 2.75) is 25.6 Å². The molecule has 1 aliphatic rings. The van der Waals surface area contributed by atoms with Crippen LogP contribution in [0.1, 0.15) is 18.2 Å². The van der Waals surface area contributed by atoms with Crippen LogP contribution < -0.4 is 4.74 Å². The number of aliphatic hydroxyl groups is 1. The lowest BCUT2D eigenvalue weighted by Crippen LogP contribution is -2.51. The number of morpholine rings is 1. The molecule has 164 valence electrons. The van der Waals surface area contributed by atoms with Gasteiger partial charge in [0.1, 0.15) is 5.75 Å². The molecule has 0 unspecified atom stereocenters. The minimum atomic E-state index is -0.475. The molecule has 1 atom stereocenters. The van der Waals surface area contributed by atoms with Gasteiger partial charge in [-0.05, 0) is 36.8 Å². The summed E-state index contributed by atoms with van der Waals surface area (Å²) in [5.41, 5.74) is 1.93. The Morgan fingerprint density at radius 2 is 2.07 bits per heavy atom. The highest BCUT2D eigenvalue weighted by Gasteiger charge is 2.29. The van der Waals surface area contributed by atoms with Crippen LogP contribution in [-0.4, -0.2) is 78.1 Å². The first-order valence-corrected chi connectivity index (χ1v) is 10.6. The Balaban J connectivity index is 1.73. The van der Waals surface area contributed by atoms with E-state index in [2.05, 4.69) is 58.3 Å². The Kier molecular flexibility index (Phi) is 8.10. The molecule has 2 aromatic rings. The third-order valence-electron chi connectivity index (χ3n) is 6.04. The molecule has 2 heterocycles. The molecule has 0 saturated carbocycles. The van der Waals surface area contributed by atoms with E-state index >= 15 is 0 Å². The fourth-order valence-electron chi connectivity index (χ4n) is 3.81. The summed E-state index contributed by atoms with van der Waals surface area (Å²) in [6.07, 6.45) is 3.97. The van der Waals surface area contributed by atoms with Crippen LogP contribution in [-0.2, 0) is 17.8 Å². The van der Waals surface area contributed by atoms with Gasteiger partial charge < -0.3 is 19.1 Å². The Morgan fingerprint density at radius 1 is 1.27 bits per heavy atom. The van der Waals surface area contributed by atoms with Crippen LogP contribution in [0.4, 0.5) is 0 Å². The number of hydrogen-bond donors (Lipinski definition) is 1. The monoisotopic (exact) mass is 413 g/mol. The van der Waals surface area contributed by atoms with E-state index in [0.717, 1.165) is 58.2 Å². The van der Waals surface area contributed by atoms with Gasteiger partial charge in [0.25, 0.3) is 0 Å². The van der Waals surface area contributed by atoms with Gasteiger partial charge in [-0.3, -0.25) is 9.80 Å². The fourth-order valence-corrected chi connectivity index (χ4v) is 3.81. The maximum Gasteiger partial charge on any atom is 0.119 e. The Bertz CT molecular complexity index is 800. The lowest BCUT2D eigenvalue weighted by molar-refractivity contribution is 0.0186. The standard InChI is InChI=1S/C24H35N3O3/c1-4-24(2,20-28)27(12-11-25-13-15-30-16-14-25)19-22-8-6-10-26(22)18-21-7-5-9-23(17-21)29-3/h4-10,17,28H,1,11-16,18-20H2,2-3H3/t24-/m0/s1. The molecule has 1 saturated heterocycles. The summed E-state index contributed by atoms with van der Waals surface area (Å²) in [7, 11) is 1.69. The first kappa shape index (κ1) is 22.6. The lowest BCUT2D eigenvalue weighted by Gasteiger charge is -2.39. The van der Waals surface area contributed by atoms with Gasteiger partial charge in [-0.1, -0.05) is 18.2 Å². The molecule has 0 radical (unpaired) electrons. The molecule has 0 aliphatic carbocycles. The van der Waals surface area contributed by atoms with E-state index in [0.29, 0.717) is 0 Å². The normalized spacial score (nSPS) is 17.1. The number of methoxy groups -OCH3 is 1. The Morgan fingerprint density at radius 3 is 2.77 bits per heavy atom. The summed E-state index contributed by atoms with van der Waals surface area (Å²) in [6.45, 7) is 12.9. The van der Waals surface area contributed by atoms with E-state index in [1.165, 1.54) is 11.3 Å². The molecule has 1 aromatic carbocycles. The van der Waals surface area contributed by atoms with Crippen molar-refractivity contribution < 1.29 is 14.6 Å². The second-order valence-electron chi connectivity index (χ2n) is 8.07. The first-order valence-electron chi connectivity index (χ1n) is 10.6. The number of ether oxygens (including phenoxy) is 2. The van der Waals surface area contributed by atoms with Gasteiger partial charge in [-0.25, -0.2) is 0 Å². The Hall–Kier alpha value is -2.12. The molecule has 0 amide bonds. The molecule has 3 rings (SSSR count). The van der Waals surface area contributed by atoms with Gasteiger partial charge in [0.2, 0.25) is 0 Å². The predicted octanol–water partition coefficient (Wildman–Crippen LogP) is 2.62. The molecule has 1 aromatic heterocycles. The average Bonchev–Trinajstić information content (AvgIpc) is 3.23. The van der Waals surface area contributed by atoms with E-state index in [1.54, 1.807) is 7.11 Å². The zero-order valence-corrected chi connectivity index (χ0v) is 18.3. The average molecular weight is 414 g/mol. The van der Waals surface area contributed by atoms with Crippen molar-refractivity contribution in [1.82, 2.24) is 14.4 Å². The third kappa shape index (κ3) is 5.73. The predicted molar refractivity (Wildman–Crippen MR) is 120 cm³/mol. The number of aromatic nitrogens is 1. The van der Waals surface area contributed by atoms with Gasteiger partial charge in [0.15, 0.2) is 0 Å². The summed E-state index contributed by atoms with van der Waals surface area (Å²) < 4.78 is 13.1. The van der Waals surface area contributed by atoms with Crippen LogP contribution in [0.2, 0.25) is 0 Å². The number of hydrogen-bond acceptors (Lipinski definition) is 5. The van der Waals surface area contributed by atoms with E-state index in [4.69, 9.17) is 9.47 Å². The Labute approximate surface area is 180 Å². The van der Waals surface area contributed by atoms with Gasteiger partial charge in [-0.2, -0.15) is 0 Å². The van der Waals surface area contributed by atoms with Crippen molar-refractivity contribution in [3.8, 4) is 5.75 Å². The van der Waals surface area contributed by atoms with Crippen molar-refractivity contribution in [2.24, 2.45) is 0 Å². The third-order valence-corrected chi connectivity index (χ3v) is 6.04. The number of rotatable bonds is 11. The van der Waals surface area contributed by atoms with Gasteiger partial charge in [0.05, 0.1) is 32.5 Å².